The molecule has 0 saturated heterocycles. The van der Waals surface area contributed by atoms with Gasteiger partial charge in [-0.3, -0.25) is 0 Å². The lowest BCUT2D eigenvalue weighted by Gasteiger charge is -2.59. The zero-order valence-electron chi connectivity index (χ0n) is 31.5. The number of allylic oxidation sites excluding steroid dienone is 5. The second-order valence-corrected chi connectivity index (χ2v) is 29.0. The van der Waals surface area contributed by atoms with Crippen molar-refractivity contribution in [3.63, 3.8) is 0 Å². The molecule has 0 spiro atoms. The minimum Gasteiger partial charge on any atom is -0.414 e. The van der Waals surface area contributed by atoms with Crippen LogP contribution < -0.4 is 0 Å². The van der Waals surface area contributed by atoms with Crippen molar-refractivity contribution in [2.24, 2.45) is 28.6 Å². The Bertz CT molecular complexity index is 1160. The quantitative estimate of drug-likeness (QED) is 0.201. The van der Waals surface area contributed by atoms with Gasteiger partial charge in [0.05, 0.1) is 17.8 Å². The molecule has 0 radical (unpaired) electrons. The Morgan fingerprint density at radius 3 is 2.07 bits per heavy atom. The summed E-state index contributed by atoms with van der Waals surface area (Å²) in [6.07, 6.45) is 17.0. The van der Waals surface area contributed by atoms with E-state index in [4.69, 9.17) is 8.85 Å². The molecule has 0 unspecified atom stereocenters. The second kappa shape index (κ2) is 11.9. The van der Waals surface area contributed by atoms with E-state index in [0.717, 1.165) is 25.7 Å². The molecule has 4 aliphatic rings. The third kappa shape index (κ3) is 6.75. The molecule has 2 fully saturated rings. The molecule has 0 heterocycles. The monoisotopic (exact) mass is 642 g/mol. The van der Waals surface area contributed by atoms with E-state index in [2.05, 4.69) is 107 Å². The molecule has 0 aromatic carbocycles. The molecular formula is C39H70O3Si2. The first-order chi connectivity index (χ1) is 19.8. The van der Waals surface area contributed by atoms with Gasteiger partial charge in [-0.25, -0.2) is 0 Å². The summed E-state index contributed by atoms with van der Waals surface area (Å²) in [7, 11) is -3.92. The van der Waals surface area contributed by atoms with Crippen LogP contribution in [0.4, 0.5) is 0 Å². The van der Waals surface area contributed by atoms with Crippen LogP contribution in [-0.2, 0) is 8.85 Å². The normalized spacial score (nSPS) is 34.0. The number of hydrogen-bond acceptors (Lipinski definition) is 3. The van der Waals surface area contributed by atoms with Gasteiger partial charge in [0.15, 0.2) is 16.6 Å². The fraction of sp³-hybridized carbons (Fsp3) is 0.846. The zero-order chi connectivity index (χ0) is 33.3. The largest absolute Gasteiger partial charge is 0.414 e. The fourth-order valence-electron chi connectivity index (χ4n) is 8.77. The second-order valence-electron chi connectivity index (χ2n) is 19.5. The zero-order valence-corrected chi connectivity index (χ0v) is 33.5. The van der Waals surface area contributed by atoms with Crippen LogP contribution in [0.15, 0.2) is 34.9 Å². The van der Waals surface area contributed by atoms with Gasteiger partial charge in [0.1, 0.15) is 0 Å². The van der Waals surface area contributed by atoms with Crippen molar-refractivity contribution in [3.8, 4) is 0 Å². The van der Waals surface area contributed by atoms with Crippen molar-refractivity contribution in [1.82, 2.24) is 0 Å². The van der Waals surface area contributed by atoms with Gasteiger partial charge >= 0.3 is 0 Å². The molecule has 4 aliphatic carbocycles. The minimum absolute atomic E-state index is 0.0231. The van der Waals surface area contributed by atoms with Gasteiger partial charge in [0.25, 0.3) is 0 Å². The summed E-state index contributed by atoms with van der Waals surface area (Å²) in [5.41, 5.74) is 4.68. The SMILES string of the molecule is C[C@H](CCCC(C)(C)O)C1=CC[C@H]2C3=CC=C4C[C@@H](O[Si](C)(C)C(C)(C)C)C[C@H](O[Si](C)(C)C(C)(C)C)[C@]4(C)[C@H]3CC[C@]12C. The lowest BCUT2D eigenvalue weighted by atomic mass is 9.49. The Balaban J connectivity index is 1.65. The molecule has 252 valence electrons. The first-order valence-electron chi connectivity index (χ1n) is 18.0. The smallest absolute Gasteiger partial charge is 0.192 e. The first kappa shape index (κ1) is 36.4. The van der Waals surface area contributed by atoms with Gasteiger partial charge in [-0.15, -0.1) is 0 Å². The summed E-state index contributed by atoms with van der Waals surface area (Å²) in [5, 5.41) is 10.7. The van der Waals surface area contributed by atoms with E-state index >= 15 is 0 Å². The van der Waals surface area contributed by atoms with E-state index in [-0.39, 0.29) is 33.1 Å². The van der Waals surface area contributed by atoms with Gasteiger partial charge < -0.3 is 14.0 Å². The van der Waals surface area contributed by atoms with E-state index < -0.39 is 22.2 Å². The van der Waals surface area contributed by atoms with Crippen LogP contribution in [0.25, 0.3) is 0 Å². The molecule has 0 bridgehead atoms. The van der Waals surface area contributed by atoms with Gasteiger partial charge in [0.2, 0.25) is 0 Å². The van der Waals surface area contributed by atoms with Crippen LogP contribution in [-0.4, -0.2) is 39.6 Å². The van der Waals surface area contributed by atoms with Crippen molar-refractivity contribution in [3.05, 3.63) is 34.9 Å². The third-order valence-electron chi connectivity index (χ3n) is 13.7. The lowest BCUT2D eigenvalue weighted by molar-refractivity contribution is -0.0389. The molecule has 5 heteroatoms. The number of rotatable bonds is 9. The van der Waals surface area contributed by atoms with Gasteiger partial charge in [-0.2, -0.15) is 0 Å². The molecule has 2 saturated carbocycles. The average molecular weight is 643 g/mol. The van der Waals surface area contributed by atoms with E-state index in [0.29, 0.717) is 17.8 Å². The van der Waals surface area contributed by atoms with E-state index in [1.807, 2.05) is 13.8 Å². The van der Waals surface area contributed by atoms with E-state index in [1.165, 1.54) is 25.7 Å². The summed E-state index contributed by atoms with van der Waals surface area (Å²) >= 11 is 0. The van der Waals surface area contributed by atoms with Crippen LogP contribution >= 0.6 is 0 Å². The fourth-order valence-corrected chi connectivity index (χ4v) is 11.5. The lowest BCUT2D eigenvalue weighted by Crippen LogP contribution is -2.58. The topological polar surface area (TPSA) is 38.7 Å². The first-order valence-corrected chi connectivity index (χ1v) is 23.8. The van der Waals surface area contributed by atoms with Crippen molar-refractivity contribution in [2.75, 3.05) is 0 Å². The van der Waals surface area contributed by atoms with E-state index in [1.54, 1.807) is 16.7 Å². The molecule has 0 aromatic rings. The van der Waals surface area contributed by atoms with Crippen LogP contribution in [0.3, 0.4) is 0 Å². The van der Waals surface area contributed by atoms with Crippen molar-refractivity contribution in [1.29, 1.82) is 0 Å². The molecule has 0 amide bonds. The highest BCUT2D eigenvalue weighted by Gasteiger charge is 2.59. The highest BCUT2D eigenvalue weighted by atomic mass is 28.4. The van der Waals surface area contributed by atoms with E-state index in [9.17, 15) is 5.11 Å². The molecule has 3 nitrogen and oxygen atoms in total. The summed E-state index contributed by atoms with van der Waals surface area (Å²) < 4.78 is 14.7. The van der Waals surface area contributed by atoms with Crippen LogP contribution in [0.5, 0.6) is 0 Å². The standard InChI is InChI=1S/C39H70O3Si2/c1-27(17-16-23-37(8,9)40)31-20-21-32-30-19-18-28-25-29(41-43(12,13)35(2,3)4)26-34(42-44(14,15)36(5,6)7)39(28,11)33(30)22-24-38(31,32)10/h18-20,27,29,32-34,40H,16-17,21-26H2,1-15H3/t27-,29-,32+,33+,34+,38-,39+/m1/s1. The van der Waals surface area contributed by atoms with Crippen molar-refractivity contribution in [2.45, 2.75) is 182 Å². The molecule has 4 rings (SSSR count). The Kier molecular flexibility index (Phi) is 9.83. The van der Waals surface area contributed by atoms with Crippen LogP contribution in [0.1, 0.15) is 128 Å². The maximum absolute atomic E-state index is 10.3. The molecule has 44 heavy (non-hydrogen) atoms. The van der Waals surface area contributed by atoms with Crippen molar-refractivity contribution < 1.29 is 14.0 Å². The Morgan fingerprint density at radius 1 is 0.909 bits per heavy atom. The number of hydrogen-bond donors (Lipinski definition) is 1. The average Bonchev–Trinajstić information content (AvgIpc) is 3.19. The van der Waals surface area contributed by atoms with Crippen molar-refractivity contribution >= 4 is 16.6 Å². The summed E-state index contributed by atoms with van der Waals surface area (Å²) in [6.45, 7) is 35.5. The Morgan fingerprint density at radius 2 is 1.50 bits per heavy atom. The summed E-state index contributed by atoms with van der Waals surface area (Å²) in [6, 6.07) is 0. The predicted octanol–water partition coefficient (Wildman–Crippen LogP) is 11.4. The maximum atomic E-state index is 10.3. The van der Waals surface area contributed by atoms with Crippen LogP contribution in [0, 0.1) is 28.6 Å². The number of aliphatic hydroxyl groups is 1. The minimum atomic E-state index is -2.01. The highest BCUT2D eigenvalue weighted by Crippen LogP contribution is 2.65. The molecule has 0 aliphatic heterocycles. The van der Waals surface area contributed by atoms with Gasteiger partial charge in [-0.05, 0) is 118 Å². The third-order valence-corrected chi connectivity index (χ3v) is 22.7. The number of fused-ring (bicyclic) bond motifs is 5. The molecule has 7 atom stereocenters. The Hall–Kier alpha value is -0.466. The Labute approximate surface area is 275 Å². The van der Waals surface area contributed by atoms with Gasteiger partial charge in [0, 0.05) is 5.41 Å². The highest BCUT2D eigenvalue weighted by molar-refractivity contribution is 6.74. The predicted molar refractivity (Wildman–Crippen MR) is 194 cm³/mol. The summed E-state index contributed by atoms with van der Waals surface area (Å²) in [5.74, 6) is 1.71. The molecule has 1 N–H and O–H groups in total. The van der Waals surface area contributed by atoms with Crippen LogP contribution in [0.2, 0.25) is 36.3 Å². The molecule has 0 aromatic heterocycles. The van der Waals surface area contributed by atoms with Gasteiger partial charge in [-0.1, -0.05) is 104 Å². The molecular weight excluding hydrogens is 573 g/mol. The summed E-state index contributed by atoms with van der Waals surface area (Å²) in [4.78, 5) is 0. The maximum Gasteiger partial charge on any atom is 0.192 e.